The predicted octanol–water partition coefficient (Wildman–Crippen LogP) is 9.85. The van der Waals surface area contributed by atoms with Gasteiger partial charge in [-0.2, -0.15) is 0 Å². The molecule has 0 unspecified atom stereocenters. The van der Waals surface area contributed by atoms with Crippen molar-refractivity contribution in [2.24, 2.45) is 0 Å². The molecule has 0 bridgehead atoms. The summed E-state index contributed by atoms with van der Waals surface area (Å²) >= 11 is 3.68. The Hall–Kier alpha value is -2.30. The molecular weight excluding hydrogens is 452 g/mol. The van der Waals surface area contributed by atoms with E-state index in [0.29, 0.717) is 0 Å². The minimum Gasteiger partial charge on any atom is -0.255 e. The monoisotopic (exact) mass is 488 g/mol. The number of hydrogen-bond donors (Lipinski definition) is 0. The van der Waals surface area contributed by atoms with Crippen molar-refractivity contribution >= 4 is 22.7 Å². The Labute approximate surface area is 213 Å². The molecule has 0 aliphatic carbocycles. The zero-order valence-corrected chi connectivity index (χ0v) is 22.2. The van der Waals surface area contributed by atoms with Crippen LogP contribution in [0.15, 0.2) is 59.6 Å². The molecule has 0 aliphatic heterocycles. The molecular formula is C30H36N2S2. The van der Waals surface area contributed by atoms with Crippen molar-refractivity contribution in [2.45, 2.75) is 78.1 Å². The number of nitrogens with zero attached hydrogens (tertiary/aromatic N) is 2. The maximum Gasteiger partial charge on any atom is 0.0892 e. The number of pyridine rings is 2. The van der Waals surface area contributed by atoms with E-state index in [9.17, 15) is 0 Å². The highest BCUT2D eigenvalue weighted by Gasteiger charge is 2.12. The zero-order chi connectivity index (χ0) is 23.6. The normalized spacial score (nSPS) is 11.2. The third kappa shape index (κ3) is 6.43. The third-order valence-electron chi connectivity index (χ3n) is 6.40. The number of thiophene rings is 2. The Morgan fingerprint density at radius 1 is 0.588 bits per heavy atom. The summed E-state index contributed by atoms with van der Waals surface area (Å²) < 4.78 is 0. The molecule has 4 aromatic heterocycles. The number of rotatable bonds is 13. The second-order valence-electron chi connectivity index (χ2n) is 9.03. The van der Waals surface area contributed by atoms with E-state index in [1.165, 1.54) is 83.4 Å². The van der Waals surface area contributed by atoms with Gasteiger partial charge in [-0.1, -0.05) is 52.4 Å². The molecule has 0 saturated heterocycles. The molecule has 2 nitrogen and oxygen atoms in total. The van der Waals surface area contributed by atoms with E-state index in [4.69, 9.17) is 9.97 Å². The van der Waals surface area contributed by atoms with Gasteiger partial charge >= 0.3 is 0 Å². The summed E-state index contributed by atoms with van der Waals surface area (Å²) in [6.07, 6.45) is 16.5. The second-order valence-corrected chi connectivity index (χ2v) is 10.9. The molecule has 4 aromatic rings. The molecule has 0 fully saturated rings. The molecule has 4 rings (SSSR count). The van der Waals surface area contributed by atoms with Gasteiger partial charge in [-0.05, 0) is 95.1 Å². The van der Waals surface area contributed by atoms with Crippen molar-refractivity contribution in [3.63, 3.8) is 0 Å². The van der Waals surface area contributed by atoms with Gasteiger partial charge in [0.15, 0.2) is 0 Å². The molecule has 0 radical (unpaired) electrons. The van der Waals surface area contributed by atoms with Gasteiger partial charge in [0.05, 0.1) is 11.4 Å². The first-order chi connectivity index (χ1) is 16.8. The molecule has 0 amide bonds. The molecule has 0 aromatic carbocycles. The van der Waals surface area contributed by atoms with Gasteiger partial charge in [0.2, 0.25) is 0 Å². The van der Waals surface area contributed by atoms with Gasteiger partial charge < -0.3 is 0 Å². The molecule has 0 N–H and O–H groups in total. The topological polar surface area (TPSA) is 25.8 Å². The van der Waals surface area contributed by atoms with Crippen LogP contribution >= 0.6 is 22.7 Å². The fourth-order valence-electron chi connectivity index (χ4n) is 4.48. The van der Waals surface area contributed by atoms with Crippen molar-refractivity contribution in [3.05, 3.63) is 70.7 Å². The Morgan fingerprint density at radius 3 is 1.50 bits per heavy atom. The van der Waals surface area contributed by atoms with Crippen molar-refractivity contribution in [3.8, 4) is 32.3 Å². The van der Waals surface area contributed by atoms with Gasteiger partial charge in [-0.25, -0.2) is 0 Å². The highest BCUT2D eigenvalue weighted by atomic mass is 32.1. The number of aryl methyl sites for hydroxylation is 2. The molecule has 4 heteroatoms. The van der Waals surface area contributed by atoms with Crippen molar-refractivity contribution in [1.29, 1.82) is 0 Å². The zero-order valence-electron chi connectivity index (χ0n) is 20.6. The van der Waals surface area contributed by atoms with Crippen LogP contribution < -0.4 is 0 Å². The lowest BCUT2D eigenvalue weighted by Gasteiger charge is -2.08. The van der Waals surface area contributed by atoms with Crippen LogP contribution in [-0.2, 0) is 12.8 Å². The van der Waals surface area contributed by atoms with Crippen molar-refractivity contribution in [2.75, 3.05) is 0 Å². The van der Waals surface area contributed by atoms with E-state index in [2.05, 4.69) is 61.0 Å². The molecule has 34 heavy (non-hydrogen) atoms. The second kappa shape index (κ2) is 13.0. The predicted molar refractivity (Wildman–Crippen MR) is 150 cm³/mol. The van der Waals surface area contributed by atoms with Crippen LogP contribution in [0.25, 0.3) is 32.3 Å². The summed E-state index contributed by atoms with van der Waals surface area (Å²) in [5, 5.41) is 4.45. The minimum atomic E-state index is 0.950. The van der Waals surface area contributed by atoms with Crippen LogP contribution in [0.1, 0.15) is 76.3 Å². The molecule has 0 spiro atoms. The maximum atomic E-state index is 4.70. The lowest BCUT2D eigenvalue weighted by atomic mass is 10.0. The van der Waals surface area contributed by atoms with Crippen LogP contribution in [0, 0.1) is 0 Å². The first kappa shape index (κ1) is 24.8. The SMILES string of the molecule is CCCCCCc1ccsc1-c1ccnc(-c2cc(-c3sccc3CCCCCC)ccn2)c1. The van der Waals surface area contributed by atoms with Gasteiger partial charge in [0, 0.05) is 22.1 Å². The summed E-state index contributed by atoms with van der Waals surface area (Å²) in [5.74, 6) is 0. The largest absolute Gasteiger partial charge is 0.255 e. The van der Waals surface area contributed by atoms with Crippen LogP contribution in [0.5, 0.6) is 0 Å². The summed E-state index contributed by atoms with van der Waals surface area (Å²) in [7, 11) is 0. The quantitative estimate of drug-likeness (QED) is 0.175. The Balaban J connectivity index is 1.53. The Bertz CT molecular complexity index is 1070. The van der Waals surface area contributed by atoms with Gasteiger partial charge in [-0.15, -0.1) is 22.7 Å². The van der Waals surface area contributed by atoms with E-state index >= 15 is 0 Å². The van der Waals surface area contributed by atoms with E-state index in [-0.39, 0.29) is 0 Å². The highest BCUT2D eigenvalue weighted by Crippen LogP contribution is 2.35. The molecule has 178 valence electrons. The van der Waals surface area contributed by atoms with Crippen LogP contribution in [0.4, 0.5) is 0 Å². The minimum absolute atomic E-state index is 0.950. The molecule has 0 saturated carbocycles. The van der Waals surface area contributed by atoms with Gasteiger partial charge in [0.25, 0.3) is 0 Å². The number of hydrogen-bond acceptors (Lipinski definition) is 4. The molecule has 0 aliphatic rings. The number of aromatic nitrogens is 2. The Kier molecular flexibility index (Phi) is 9.46. The summed E-state index contributed by atoms with van der Waals surface area (Å²) in [6.45, 7) is 4.54. The van der Waals surface area contributed by atoms with E-state index in [0.717, 1.165) is 24.2 Å². The third-order valence-corrected chi connectivity index (χ3v) is 8.41. The highest BCUT2D eigenvalue weighted by molar-refractivity contribution is 7.14. The smallest absolute Gasteiger partial charge is 0.0892 e. The average molecular weight is 489 g/mol. The van der Waals surface area contributed by atoms with Gasteiger partial charge in [0.1, 0.15) is 0 Å². The fraction of sp³-hybridized carbons (Fsp3) is 0.400. The van der Waals surface area contributed by atoms with E-state index in [1.54, 1.807) is 0 Å². The van der Waals surface area contributed by atoms with Crippen LogP contribution in [0.3, 0.4) is 0 Å². The summed E-state index contributed by atoms with van der Waals surface area (Å²) in [5.41, 5.74) is 7.34. The van der Waals surface area contributed by atoms with E-state index in [1.807, 2.05) is 35.1 Å². The van der Waals surface area contributed by atoms with Crippen LogP contribution in [-0.4, -0.2) is 9.97 Å². The Morgan fingerprint density at radius 2 is 1.06 bits per heavy atom. The summed E-state index contributed by atoms with van der Waals surface area (Å²) in [4.78, 5) is 12.1. The standard InChI is InChI=1S/C30H36N2S2/c1-3-5-7-9-11-23-15-19-33-29(23)25-13-17-31-27(21-25)28-22-26(14-18-32-28)30-24(16-20-34-30)12-10-8-6-4-2/h13-22H,3-12H2,1-2H3. The maximum absolute atomic E-state index is 4.70. The van der Waals surface area contributed by atoms with Crippen molar-refractivity contribution < 1.29 is 0 Å². The molecule has 4 heterocycles. The van der Waals surface area contributed by atoms with Crippen LogP contribution in [0.2, 0.25) is 0 Å². The summed E-state index contributed by atoms with van der Waals surface area (Å²) in [6, 6.07) is 13.3. The van der Waals surface area contributed by atoms with Crippen molar-refractivity contribution in [1.82, 2.24) is 9.97 Å². The fourth-order valence-corrected chi connectivity index (χ4v) is 6.39. The number of unbranched alkanes of at least 4 members (excludes halogenated alkanes) is 6. The van der Waals surface area contributed by atoms with Gasteiger partial charge in [-0.3, -0.25) is 9.97 Å². The first-order valence-corrected chi connectivity index (χ1v) is 14.6. The average Bonchev–Trinajstić information content (AvgIpc) is 3.54. The lowest BCUT2D eigenvalue weighted by molar-refractivity contribution is 0.668. The molecule has 0 atom stereocenters. The first-order valence-electron chi connectivity index (χ1n) is 12.9. The lowest BCUT2D eigenvalue weighted by Crippen LogP contribution is -1.91. The van der Waals surface area contributed by atoms with E-state index < -0.39 is 0 Å².